The zero-order valence-electron chi connectivity index (χ0n) is 15.4. The molecule has 1 heterocycles. The molecule has 0 bridgehead atoms. The number of thiazole rings is 1. The Morgan fingerprint density at radius 1 is 1.21 bits per heavy atom. The van der Waals surface area contributed by atoms with Gasteiger partial charge >= 0.3 is 0 Å². The molecule has 2 aromatic carbocycles. The van der Waals surface area contributed by atoms with E-state index in [9.17, 15) is 23.3 Å². The number of aromatic nitrogens is 1. The molecule has 3 aromatic rings. The van der Waals surface area contributed by atoms with Crippen LogP contribution in [0.1, 0.15) is 12.5 Å². The number of carbonyl (C=O) groups is 1. The fourth-order valence-corrected chi connectivity index (χ4v) is 4.19. The van der Waals surface area contributed by atoms with E-state index in [4.69, 9.17) is 0 Å². The maximum Gasteiger partial charge on any atom is 0.270 e. The predicted octanol–water partition coefficient (Wildman–Crippen LogP) is 3.69. The molecule has 0 aliphatic rings. The summed E-state index contributed by atoms with van der Waals surface area (Å²) in [6.45, 7) is 1.58. The molecular weight excluding hydrogens is 414 g/mol. The van der Waals surface area contributed by atoms with Gasteiger partial charge in [-0.3, -0.25) is 14.9 Å². The zero-order valence-corrected chi connectivity index (χ0v) is 17.0. The summed E-state index contributed by atoms with van der Waals surface area (Å²) in [6, 6.07) is 12.3. The minimum atomic E-state index is -3.28. The van der Waals surface area contributed by atoms with Crippen LogP contribution in [0.15, 0.2) is 58.8 Å². The number of rotatable bonds is 7. The molecule has 0 saturated carbocycles. The summed E-state index contributed by atoms with van der Waals surface area (Å²) in [7, 11) is -3.28. The summed E-state index contributed by atoms with van der Waals surface area (Å²) < 4.78 is 23.7. The Bertz CT molecular complexity index is 1150. The molecule has 0 aliphatic carbocycles. The first-order valence-corrected chi connectivity index (χ1v) is 11.1. The molecule has 1 amide bonds. The van der Waals surface area contributed by atoms with E-state index >= 15 is 0 Å². The van der Waals surface area contributed by atoms with Crippen molar-refractivity contribution in [3.05, 3.63) is 69.6 Å². The number of sulfone groups is 1. The molecule has 0 unspecified atom stereocenters. The Balaban J connectivity index is 1.66. The van der Waals surface area contributed by atoms with Crippen molar-refractivity contribution in [2.45, 2.75) is 18.2 Å². The van der Waals surface area contributed by atoms with Crippen molar-refractivity contribution in [3.63, 3.8) is 0 Å². The van der Waals surface area contributed by atoms with Crippen LogP contribution < -0.4 is 5.32 Å². The summed E-state index contributed by atoms with van der Waals surface area (Å²) in [5.41, 5.74) is 1.76. The van der Waals surface area contributed by atoms with E-state index in [0.717, 1.165) is 0 Å². The second kappa shape index (κ2) is 8.50. The number of non-ortho nitro benzene ring substituents is 1. The molecule has 1 aromatic heterocycles. The quantitative estimate of drug-likeness (QED) is 0.450. The third-order valence-corrected chi connectivity index (χ3v) is 6.64. The first-order chi connectivity index (χ1) is 13.8. The van der Waals surface area contributed by atoms with Gasteiger partial charge < -0.3 is 5.32 Å². The van der Waals surface area contributed by atoms with Gasteiger partial charge in [0, 0.05) is 23.1 Å². The second-order valence-corrected chi connectivity index (χ2v) is 9.25. The van der Waals surface area contributed by atoms with Crippen LogP contribution in [0.4, 0.5) is 10.8 Å². The van der Waals surface area contributed by atoms with Gasteiger partial charge in [-0.05, 0) is 17.7 Å². The number of nitro benzene ring substituents is 1. The van der Waals surface area contributed by atoms with Crippen LogP contribution >= 0.6 is 11.3 Å². The van der Waals surface area contributed by atoms with Crippen LogP contribution in [0.2, 0.25) is 0 Å². The number of benzene rings is 2. The van der Waals surface area contributed by atoms with Crippen LogP contribution in [0.25, 0.3) is 11.3 Å². The van der Waals surface area contributed by atoms with Crippen LogP contribution in [-0.4, -0.2) is 30.0 Å². The Hall–Kier alpha value is -3.11. The summed E-state index contributed by atoms with van der Waals surface area (Å²) in [4.78, 5) is 27.2. The number of nitro groups is 1. The Kier molecular flexibility index (Phi) is 6.04. The third-order valence-electron chi connectivity index (χ3n) is 4.13. The average Bonchev–Trinajstić information content (AvgIpc) is 3.16. The van der Waals surface area contributed by atoms with E-state index in [1.165, 1.54) is 35.6 Å². The van der Waals surface area contributed by atoms with Gasteiger partial charge in [0.1, 0.15) is 0 Å². The highest BCUT2D eigenvalue weighted by Gasteiger charge is 2.13. The second-order valence-electron chi connectivity index (χ2n) is 6.12. The van der Waals surface area contributed by atoms with Crippen molar-refractivity contribution < 1.29 is 18.1 Å². The molecule has 0 radical (unpaired) electrons. The topological polar surface area (TPSA) is 119 Å². The van der Waals surface area contributed by atoms with Gasteiger partial charge in [0.05, 0.1) is 27.7 Å². The normalized spacial score (nSPS) is 11.2. The van der Waals surface area contributed by atoms with Crippen molar-refractivity contribution in [1.29, 1.82) is 0 Å². The standard InChI is InChI=1S/C19H17N3O5S2/c1-2-29(26,27)16-8-6-13(7-9-16)10-18(23)21-19-20-17(12-28-19)14-4-3-5-15(11-14)22(24)25/h3-9,11-12H,2,10H2,1H3,(H,20,21,23). The Labute approximate surface area is 171 Å². The third kappa shape index (κ3) is 5.04. The van der Waals surface area contributed by atoms with E-state index in [1.807, 2.05) is 0 Å². The molecular formula is C19H17N3O5S2. The molecule has 150 valence electrons. The highest BCUT2D eigenvalue weighted by molar-refractivity contribution is 7.91. The summed E-state index contributed by atoms with van der Waals surface area (Å²) in [6.07, 6.45) is 0.0676. The van der Waals surface area contributed by atoms with Crippen LogP contribution in [0.5, 0.6) is 0 Å². The Morgan fingerprint density at radius 2 is 1.93 bits per heavy atom. The van der Waals surface area contributed by atoms with Crippen molar-refractivity contribution in [2.75, 3.05) is 11.1 Å². The zero-order chi connectivity index (χ0) is 21.0. The Morgan fingerprint density at radius 3 is 2.59 bits per heavy atom. The number of carbonyl (C=O) groups excluding carboxylic acids is 1. The lowest BCUT2D eigenvalue weighted by molar-refractivity contribution is -0.384. The summed E-state index contributed by atoms with van der Waals surface area (Å²) >= 11 is 1.21. The monoisotopic (exact) mass is 431 g/mol. The maximum absolute atomic E-state index is 12.3. The number of anilines is 1. The number of hydrogen-bond donors (Lipinski definition) is 1. The highest BCUT2D eigenvalue weighted by atomic mass is 32.2. The number of nitrogens with one attached hydrogen (secondary N) is 1. The fourth-order valence-electron chi connectivity index (χ4n) is 2.57. The van der Waals surface area contributed by atoms with Crippen LogP contribution in [-0.2, 0) is 21.1 Å². The molecule has 29 heavy (non-hydrogen) atoms. The van der Waals surface area contributed by atoms with E-state index in [2.05, 4.69) is 10.3 Å². The minimum absolute atomic E-state index is 0.0176. The summed E-state index contributed by atoms with van der Waals surface area (Å²) in [5.74, 6) is -0.278. The van der Waals surface area contributed by atoms with Crippen LogP contribution in [0, 0.1) is 10.1 Å². The molecule has 0 aliphatic heterocycles. The van der Waals surface area contributed by atoms with Gasteiger partial charge in [0.2, 0.25) is 5.91 Å². The van der Waals surface area contributed by atoms with Crippen molar-refractivity contribution in [2.24, 2.45) is 0 Å². The smallest absolute Gasteiger partial charge is 0.270 e. The first-order valence-electron chi connectivity index (χ1n) is 8.60. The molecule has 8 nitrogen and oxygen atoms in total. The van der Waals surface area contributed by atoms with Gasteiger partial charge in [-0.1, -0.05) is 31.2 Å². The molecule has 1 N–H and O–H groups in total. The molecule has 0 atom stereocenters. The van der Waals surface area contributed by atoms with Crippen molar-refractivity contribution in [3.8, 4) is 11.3 Å². The van der Waals surface area contributed by atoms with Gasteiger partial charge in [0.15, 0.2) is 15.0 Å². The SMILES string of the molecule is CCS(=O)(=O)c1ccc(CC(=O)Nc2nc(-c3cccc([N+](=O)[O-])c3)cs2)cc1. The lowest BCUT2D eigenvalue weighted by atomic mass is 10.1. The fraction of sp³-hybridized carbons (Fsp3) is 0.158. The predicted molar refractivity (Wildman–Crippen MR) is 111 cm³/mol. The van der Waals surface area contributed by atoms with Crippen molar-refractivity contribution in [1.82, 2.24) is 4.98 Å². The minimum Gasteiger partial charge on any atom is -0.302 e. The molecule has 3 rings (SSSR count). The molecule has 0 spiro atoms. The van der Waals surface area contributed by atoms with E-state index in [0.29, 0.717) is 22.0 Å². The summed E-state index contributed by atoms with van der Waals surface area (Å²) in [5, 5.41) is 15.7. The lowest BCUT2D eigenvalue weighted by Gasteiger charge is -2.04. The molecule has 0 fully saturated rings. The van der Waals surface area contributed by atoms with E-state index in [-0.39, 0.29) is 28.7 Å². The van der Waals surface area contributed by atoms with Gasteiger partial charge in [-0.25, -0.2) is 13.4 Å². The van der Waals surface area contributed by atoms with Gasteiger partial charge in [-0.15, -0.1) is 11.3 Å². The highest BCUT2D eigenvalue weighted by Crippen LogP contribution is 2.27. The van der Waals surface area contributed by atoms with Gasteiger partial charge in [0.25, 0.3) is 5.69 Å². The molecule has 0 saturated heterocycles. The van der Waals surface area contributed by atoms with Crippen molar-refractivity contribution >= 4 is 37.9 Å². The first kappa shape index (κ1) is 20.6. The van der Waals surface area contributed by atoms with E-state index in [1.54, 1.807) is 36.6 Å². The largest absolute Gasteiger partial charge is 0.302 e. The maximum atomic E-state index is 12.3. The van der Waals surface area contributed by atoms with Gasteiger partial charge in [-0.2, -0.15) is 0 Å². The lowest BCUT2D eigenvalue weighted by Crippen LogP contribution is -2.14. The molecule has 10 heteroatoms. The number of nitrogens with zero attached hydrogens (tertiary/aromatic N) is 2. The number of hydrogen-bond acceptors (Lipinski definition) is 7. The van der Waals surface area contributed by atoms with E-state index < -0.39 is 14.8 Å². The number of amides is 1. The van der Waals surface area contributed by atoms with Crippen LogP contribution in [0.3, 0.4) is 0 Å². The average molecular weight is 431 g/mol.